The monoisotopic (exact) mass is 307 g/mol. The van der Waals surface area contributed by atoms with Crippen LogP contribution in [0, 0.1) is 15.5 Å². The van der Waals surface area contributed by atoms with Crippen molar-refractivity contribution >= 4 is 33.1 Å². The second kappa shape index (κ2) is 5.09. The van der Waals surface area contributed by atoms with E-state index in [1.54, 1.807) is 12.1 Å². The molecule has 0 unspecified atom stereocenters. The van der Waals surface area contributed by atoms with Gasteiger partial charge in [-0.05, 0) is 12.1 Å². The summed E-state index contributed by atoms with van der Waals surface area (Å²) in [7, 11) is 0. The summed E-state index contributed by atoms with van der Waals surface area (Å²) in [6.45, 7) is 3.51. The first-order chi connectivity index (χ1) is 9.97. The lowest BCUT2D eigenvalue weighted by atomic mass is 9.90. The second-order valence-electron chi connectivity index (χ2n) is 5.47. The number of nitro benzene ring substituents is 1. The van der Waals surface area contributed by atoms with Gasteiger partial charge in [0, 0.05) is 27.6 Å². The first-order valence-electron chi connectivity index (χ1n) is 6.40. The van der Waals surface area contributed by atoms with Crippen LogP contribution in [0.15, 0.2) is 24.3 Å². The van der Waals surface area contributed by atoms with Crippen molar-refractivity contribution in [3.05, 3.63) is 39.3 Å². The summed E-state index contributed by atoms with van der Waals surface area (Å²) in [6, 6.07) is 6.18. The largest absolute Gasteiger partial charge is 0.461 e. The van der Waals surface area contributed by atoms with E-state index in [2.05, 4.69) is 0 Å². The van der Waals surface area contributed by atoms with Crippen molar-refractivity contribution in [2.75, 3.05) is 19.8 Å². The van der Waals surface area contributed by atoms with Gasteiger partial charge >= 0.3 is 5.97 Å². The van der Waals surface area contributed by atoms with Crippen LogP contribution in [-0.4, -0.2) is 30.7 Å². The lowest BCUT2D eigenvalue weighted by Crippen LogP contribution is -2.44. The lowest BCUT2D eigenvalue weighted by molar-refractivity contribution is -0.384. The first-order valence-corrected chi connectivity index (χ1v) is 7.21. The quantitative estimate of drug-likeness (QED) is 0.493. The van der Waals surface area contributed by atoms with Gasteiger partial charge in [0.15, 0.2) is 0 Å². The van der Waals surface area contributed by atoms with Gasteiger partial charge in [-0.1, -0.05) is 6.92 Å². The van der Waals surface area contributed by atoms with E-state index in [-0.39, 0.29) is 11.1 Å². The van der Waals surface area contributed by atoms with Gasteiger partial charge in [0.05, 0.1) is 18.1 Å². The van der Waals surface area contributed by atoms with Crippen LogP contribution in [0.25, 0.3) is 10.1 Å². The number of fused-ring (bicyclic) bond motifs is 1. The van der Waals surface area contributed by atoms with E-state index in [9.17, 15) is 14.9 Å². The number of rotatable bonds is 4. The van der Waals surface area contributed by atoms with E-state index in [1.165, 1.54) is 23.5 Å². The molecule has 0 spiro atoms. The summed E-state index contributed by atoms with van der Waals surface area (Å²) in [6.07, 6.45) is 0. The summed E-state index contributed by atoms with van der Waals surface area (Å²) >= 11 is 1.27. The molecule has 0 saturated carbocycles. The number of benzene rings is 1. The summed E-state index contributed by atoms with van der Waals surface area (Å²) in [4.78, 5) is 22.8. The zero-order valence-electron chi connectivity index (χ0n) is 11.3. The number of ether oxygens (including phenoxy) is 2. The SMILES string of the molecule is CC1(COC(=O)c2cc3cc([N+](=O)[O-])ccc3s2)COC1. The fourth-order valence-corrected chi connectivity index (χ4v) is 3.03. The molecule has 0 aliphatic carbocycles. The number of carbonyl (C=O) groups excluding carboxylic acids is 1. The Balaban J connectivity index is 1.77. The minimum Gasteiger partial charge on any atom is -0.461 e. The van der Waals surface area contributed by atoms with Gasteiger partial charge in [-0.3, -0.25) is 10.1 Å². The predicted molar refractivity (Wildman–Crippen MR) is 77.7 cm³/mol. The molecule has 1 aromatic carbocycles. The Labute approximate surface area is 124 Å². The minimum absolute atomic E-state index is 0.0133. The Morgan fingerprint density at radius 2 is 2.24 bits per heavy atom. The molecular formula is C14H13NO5S. The van der Waals surface area contributed by atoms with E-state index in [1.807, 2.05) is 6.92 Å². The van der Waals surface area contributed by atoms with Gasteiger partial charge in [0.2, 0.25) is 0 Å². The highest BCUT2D eigenvalue weighted by Crippen LogP contribution is 2.31. The van der Waals surface area contributed by atoms with Crippen LogP contribution in [0.2, 0.25) is 0 Å². The molecule has 1 saturated heterocycles. The molecule has 110 valence electrons. The van der Waals surface area contributed by atoms with Gasteiger partial charge in [0.1, 0.15) is 11.5 Å². The minimum atomic E-state index is -0.452. The molecule has 0 N–H and O–H groups in total. The Hall–Kier alpha value is -1.99. The summed E-state index contributed by atoms with van der Waals surface area (Å²) in [5.41, 5.74) is -0.0789. The lowest BCUT2D eigenvalue weighted by Gasteiger charge is -2.37. The van der Waals surface area contributed by atoms with Crippen molar-refractivity contribution in [3.63, 3.8) is 0 Å². The van der Waals surface area contributed by atoms with Crippen LogP contribution in [0.4, 0.5) is 5.69 Å². The number of hydrogen-bond acceptors (Lipinski definition) is 6. The number of nitrogens with zero attached hydrogens (tertiary/aromatic N) is 1. The smallest absolute Gasteiger partial charge is 0.348 e. The van der Waals surface area contributed by atoms with E-state index in [0.717, 1.165) is 4.70 Å². The fourth-order valence-electron chi connectivity index (χ4n) is 2.09. The number of hydrogen-bond donors (Lipinski definition) is 0. The molecule has 2 aromatic rings. The van der Waals surface area contributed by atoms with E-state index in [4.69, 9.17) is 9.47 Å². The molecule has 1 aromatic heterocycles. The molecule has 7 heteroatoms. The topological polar surface area (TPSA) is 78.7 Å². The summed E-state index contributed by atoms with van der Waals surface area (Å²) < 4.78 is 11.2. The van der Waals surface area contributed by atoms with Crippen LogP contribution >= 0.6 is 11.3 Å². The Bertz CT molecular complexity index is 719. The van der Waals surface area contributed by atoms with Gasteiger partial charge in [-0.25, -0.2) is 4.79 Å². The highest BCUT2D eigenvalue weighted by atomic mass is 32.1. The third kappa shape index (κ3) is 2.74. The fraction of sp³-hybridized carbons (Fsp3) is 0.357. The van der Waals surface area contributed by atoms with Gasteiger partial charge < -0.3 is 9.47 Å². The summed E-state index contributed by atoms with van der Waals surface area (Å²) in [5, 5.41) is 11.4. The molecule has 0 atom stereocenters. The molecule has 3 rings (SSSR count). The van der Waals surface area contributed by atoms with Crippen LogP contribution in [0.1, 0.15) is 16.6 Å². The molecule has 6 nitrogen and oxygen atoms in total. The Kier molecular flexibility index (Phi) is 3.38. The number of esters is 1. The van der Waals surface area contributed by atoms with Crippen LogP contribution in [0.3, 0.4) is 0 Å². The maximum Gasteiger partial charge on any atom is 0.348 e. The average Bonchev–Trinajstić information content (AvgIpc) is 2.85. The van der Waals surface area contributed by atoms with Crippen LogP contribution in [0.5, 0.6) is 0 Å². The number of carbonyl (C=O) groups is 1. The molecule has 0 radical (unpaired) electrons. The Morgan fingerprint density at radius 1 is 1.48 bits per heavy atom. The molecule has 1 aliphatic heterocycles. The summed E-state index contributed by atoms with van der Waals surface area (Å²) in [5.74, 6) is -0.396. The average molecular weight is 307 g/mol. The molecule has 0 amide bonds. The zero-order valence-corrected chi connectivity index (χ0v) is 12.1. The van der Waals surface area contributed by atoms with Crippen LogP contribution < -0.4 is 0 Å². The van der Waals surface area contributed by atoms with Crippen molar-refractivity contribution in [1.29, 1.82) is 0 Å². The van der Waals surface area contributed by atoms with E-state index >= 15 is 0 Å². The van der Waals surface area contributed by atoms with Gasteiger partial charge in [-0.15, -0.1) is 11.3 Å². The molecule has 0 bridgehead atoms. The molecule has 1 aliphatic rings. The number of thiophene rings is 1. The van der Waals surface area contributed by atoms with Crippen LogP contribution in [-0.2, 0) is 9.47 Å². The van der Waals surface area contributed by atoms with Crippen molar-refractivity contribution in [2.45, 2.75) is 6.92 Å². The first kappa shape index (κ1) is 14.0. The number of nitro groups is 1. The van der Waals surface area contributed by atoms with Crippen molar-refractivity contribution in [2.24, 2.45) is 5.41 Å². The zero-order chi connectivity index (χ0) is 15.0. The highest BCUT2D eigenvalue weighted by molar-refractivity contribution is 7.20. The Morgan fingerprint density at radius 3 is 2.86 bits per heavy atom. The highest BCUT2D eigenvalue weighted by Gasteiger charge is 2.35. The maximum absolute atomic E-state index is 12.0. The molecule has 1 fully saturated rings. The predicted octanol–water partition coefficient (Wildman–Crippen LogP) is 3.00. The maximum atomic E-state index is 12.0. The molecular weight excluding hydrogens is 294 g/mol. The van der Waals surface area contributed by atoms with Crippen molar-refractivity contribution < 1.29 is 19.2 Å². The standard InChI is InChI=1S/C14H13NO5S/c1-14(6-19-7-14)8-20-13(16)12-5-9-4-10(15(17)18)2-3-11(9)21-12/h2-5H,6-8H2,1H3. The van der Waals surface area contributed by atoms with Gasteiger partial charge in [-0.2, -0.15) is 0 Å². The van der Waals surface area contributed by atoms with Gasteiger partial charge in [0.25, 0.3) is 5.69 Å². The second-order valence-corrected chi connectivity index (χ2v) is 6.55. The third-order valence-corrected chi connectivity index (χ3v) is 4.46. The molecule has 2 heterocycles. The third-order valence-electron chi connectivity index (χ3n) is 3.36. The van der Waals surface area contributed by atoms with Crippen molar-refractivity contribution in [3.8, 4) is 0 Å². The van der Waals surface area contributed by atoms with E-state index < -0.39 is 10.9 Å². The van der Waals surface area contributed by atoms with Crippen molar-refractivity contribution in [1.82, 2.24) is 0 Å². The normalized spacial score (nSPS) is 16.4. The number of non-ortho nitro benzene ring substituents is 1. The molecule has 21 heavy (non-hydrogen) atoms. The van der Waals surface area contributed by atoms with E-state index in [0.29, 0.717) is 30.1 Å².